The van der Waals surface area contributed by atoms with Crippen LogP contribution in [0.15, 0.2) is 12.3 Å². The van der Waals surface area contributed by atoms with Crippen molar-refractivity contribution in [3.63, 3.8) is 0 Å². The van der Waals surface area contributed by atoms with E-state index in [1.165, 1.54) is 6.07 Å². The number of rotatable bonds is 7. The summed E-state index contributed by atoms with van der Waals surface area (Å²) in [5.74, 6) is -0.738. The standard InChI is InChI=1S/C12H20N4O2/c1-3-4-14-5-6-15-12(18)10-7-9(11(13)17)8-16(10)2/h7-8,14H,3-6H2,1-2H3,(H2,13,17)(H,15,18). The van der Waals surface area contributed by atoms with Gasteiger partial charge in [-0.1, -0.05) is 6.92 Å². The minimum Gasteiger partial charge on any atom is -0.366 e. The minimum atomic E-state index is -0.533. The molecule has 0 aliphatic rings. The molecule has 1 aromatic rings. The molecule has 0 saturated heterocycles. The second kappa shape index (κ2) is 6.80. The van der Waals surface area contributed by atoms with Crippen molar-refractivity contribution in [1.82, 2.24) is 15.2 Å². The zero-order chi connectivity index (χ0) is 13.5. The summed E-state index contributed by atoms with van der Waals surface area (Å²) in [4.78, 5) is 22.8. The molecule has 0 spiro atoms. The van der Waals surface area contributed by atoms with Crippen LogP contribution in [-0.4, -0.2) is 36.0 Å². The molecule has 18 heavy (non-hydrogen) atoms. The number of nitrogens with one attached hydrogen (secondary N) is 2. The summed E-state index contributed by atoms with van der Waals surface area (Å²) in [5, 5.41) is 5.96. The molecule has 6 heteroatoms. The van der Waals surface area contributed by atoms with Gasteiger partial charge in [0, 0.05) is 26.3 Å². The number of hydrogen-bond donors (Lipinski definition) is 3. The van der Waals surface area contributed by atoms with Crippen LogP contribution in [-0.2, 0) is 7.05 Å². The second-order valence-electron chi connectivity index (χ2n) is 4.10. The van der Waals surface area contributed by atoms with E-state index in [1.54, 1.807) is 17.8 Å². The predicted octanol–water partition coefficient (Wildman–Crippen LogP) is -0.147. The van der Waals surface area contributed by atoms with Crippen LogP contribution in [0.1, 0.15) is 34.2 Å². The zero-order valence-electron chi connectivity index (χ0n) is 10.8. The lowest BCUT2D eigenvalue weighted by Gasteiger charge is -2.06. The Bertz CT molecular complexity index is 426. The van der Waals surface area contributed by atoms with Gasteiger partial charge in [0.15, 0.2) is 0 Å². The molecule has 0 aromatic carbocycles. The first-order chi connectivity index (χ1) is 8.56. The van der Waals surface area contributed by atoms with Gasteiger partial charge in [-0.25, -0.2) is 0 Å². The molecule has 0 atom stereocenters. The van der Waals surface area contributed by atoms with Crippen molar-refractivity contribution >= 4 is 11.8 Å². The van der Waals surface area contributed by atoms with Gasteiger partial charge >= 0.3 is 0 Å². The van der Waals surface area contributed by atoms with E-state index < -0.39 is 5.91 Å². The van der Waals surface area contributed by atoms with Crippen LogP contribution in [0.2, 0.25) is 0 Å². The third kappa shape index (κ3) is 3.89. The van der Waals surface area contributed by atoms with Crippen molar-refractivity contribution in [3.05, 3.63) is 23.5 Å². The van der Waals surface area contributed by atoms with E-state index >= 15 is 0 Å². The highest BCUT2D eigenvalue weighted by Crippen LogP contribution is 2.06. The molecule has 0 unspecified atom stereocenters. The third-order valence-electron chi connectivity index (χ3n) is 2.54. The Morgan fingerprint density at radius 2 is 2.06 bits per heavy atom. The average molecular weight is 252 g/mol. The number of carbonyl (C=O) groups is 2. The molecule has 0 bridgehead atoms. The Morgan fingerprint density at radius 1 is 1.33 bits per heavy atom. The molecule has 1 rings (SSSR count). The Balaban J connectivity index is 2.48. The van der Waals surface area contributed by atoms with Gasteiger partial charge in [0.2, 0.25) is 5.91 Å². The smallest absolute Gasteiger partial charge is 0.267 e. The van der Waals surface area contributed by atoms with Gasteiger partial charge in [-0.3, -0.25) is 9.59 Å². The van der Waals surface area contributed by atoms with Gasteiger partial charge in [0.05, 0.1) is 5.56 Å². The van der Waals surface area contributed by atoms with Crippen LogP contribution < -0.4 is 16.4 Å². The largest absolute Gasteiger partial charge is 0.366 e. The number of nitrogens with zero attached hydrogens (tertiary/aromatic N) is 1. The Kier molecular flexibility index (Phi) is 5.38. The van der Waals surface area contributed by atoms with Crippen molar-refractivity contribution < 1.29 is 9.59 Å². The molecule has 0 aliphatic carbocycles. The lowest BCUT2D eigenvalue weighted by molar-refractivity contribution is 0.0945. The Labute approximate surface area is 107 Å². The molecule has 2 amide bonds. The number of hydrogen-bond acceptors (Lipinski definition) is 3. The summed E-state index contributed by atoms with van der Waals surface area (Å²) in [7, 11) is 1.71. The maximum Gasteiger partial charge on any atom is 0.267 e. The number of aryl methyl sites for hydroxylation is 1. The van der Waals surface area contributed by atoms with E-state index in [0.29, 0.717) is 17.8 Å². The molecule has 0 aliphatic heterocycles. The van der Waals surface area contributed by atoms with Gasteiger partial charge < -0.3 is 20.9 Å². The summed E-state index contributed by atoms with van der Waals surface area (Å²) in [6, 6.07) is 1.50. The molecule has 0 saturated carbocycles. The molecular weight excluding hydrogens is 232 g/mol. The van der Waals surface area contributed by atoms with Gasteiger partial charge in [-0.2, -0.15) is 0 Å². The number of aromatic nitrogens is 1. The van der Waals surface area contributed by atoms with Crippen LogP contribution in [0.25, 0.3) is 0 Å². The van der Waals surface area contributed by atoms with E-state index in [-0.39, 0.29) is 5.91 Å². The van der Waals surface area contributed by atoms with Gasteiger partial charge in [0.1, 0.15) is 5.69 Å². The SMILES string of the molecule is CCCNCCNC(=O)c1cc(C(N)=O)cn1C. The number of nitrogens with two attached hydrogens (primary N) is 1. The van der Waals surface area contributed by atoms with Crippen LogP contribution in [0.4, 0.5) is 0 Å². The minimum absolute atomic E-state index is 0.205. The van der Waals surface area contributed by atoms with Crippen molar-refractivity contribution in [2.45, 2.75) is 13.3 Å². The maximum absolute atomic E-state index is 11.8. The molecule has 0 radical (unpaired) electrons. The fourth-order valence-corrected chi connectivity index (χ4v) is 1.58. The number of amides is 2. The van der Waals surface area contributed by atoms with Gasteiger partial charge in [0.25, 0.3) is 5.91 Å². The zero-order valence-corrected chi connectivity index (χ0v) is 10.8. The molecular formula is C12H20N4O2. The average Bonchev–Trinajstić information content (AvgIpc) is 2.71. The summed E-state index contributed by atoms with van der Waals surface area (Å²) in [6.07, 6.45) is 2.61. The quantitative estimate of drug-likeness (QED) is 0.590. The fourth-order valence-electron chi connectivity index (χ4n) is 1.58. The van der Waals surface area contributed by atoms with E-state index in [9.17, 15) is 9.59 Å². The molecule has 4 N–H and O–H groups in total. The summed E-state index contributed by atoms with van der Waals surface area (Å²) in [6.45, 7) is 4.30. The van der Waals surface area contributed by atoms with E-state index in [2.05, 4.69) is 17.6 Å². The Hall–Kier alpha value is -1.82. The third-order valence-corrected chi connectivity index (χ3v) is 2.54. The second-order valence-corrected chi connectivity index (χ2v) is 4.10. The maximum atomic E-state index is 11.8. The molecule has 100 valence electrons. The van der Waals surface area contributed by atoms with Crippen molar-refractivity contribution in [1.29, 1.82) is 0 Å². The Morgan fingerprint density at radius 3 is 2.61 bits per heavy atom. The summed E-state index contributed by atoms with van der Waals surface area (Å²) in [5.41, 5.74) is 5.93. The first-order valence-electron chi connectivity index (χ1n) is 6.01. The van der Waals surface area contributed by atoms with E-state index in [0.717, 1.165) is 19.5 Å². The highest BCUT2D eigenvalue weighted by Gasteiger charge is 2.13. The van der Waals surface area contributed by atoms with Crippen LogP contribution in [0, 0.1) is 0 Å². The lowest BCUT2D eigenvalue weighted by Crippen LogP contribution is -2.32. The molecule has 6 nitrogen and oxygen atoms in total. The topological polar surface area (TPSA) is 89.2 Å². The molecule has 1 aromatic heterocycles. The summed E-state index contributed by atoms with van der Waals surface area (Å²) >= 11 is 0. The number of primary amides is 1. The van der Waals surface area contributed by atoms with Crippen LogP contribution in [0.5, 0.6) is 0 Å². The fraction of sp³-hybridized carbons (Fsp3) is 0.500. The number of carbonyl (C=O) groups excluding carboxylic acids is 2. The summed E-state index contributed by atoms with van der Waals surface area (Å²) < 4.78 is 1.59. The van der Waals surface area contributed by atoms with Crippen molar-refractivity contribution in [2.24, 2.45) is 12.8 Å². The highest BCUT2D eigenvalue weighted by molar-refractivity contribution is 5.98. The molecule has 0 fully saturated rings. The van der Waals surface area contributed by atoms with E-state index in [1.807, 2.05) is 0 Å². The van der Waals surface area contributed by atoms with Crippen molar-refractivity contribution in [2.75, 3.05) is 19.6 Å². The lowest BCUT2D eigenvalue weighted by atomic mass is 10.3. The van der Waals surface area contributed by atoms with Gasteiger partial charge in [-0.15, -0.1) is 0 Å². The first kappa shape index (κ1) is 14.2. The first-order valence-corrected chi connectivity index (χ1v) is 6.01. The van der Waals surface area contributed by atoms with Crippen molar-refractivity contribution in [3.8, 4) is 0 Å². The normalized spacial score (nSPS) is 10.3. The van der Waals surface area contributed by atoms with E-state index in [4.69, 9.17) is 5.73 Å². The monoisotopic (exact) mass is 252 g/mol. The van der Waals surface area contributed by atoms with Crippen LogP contribution >= 0.6 is 0 Å². The molecule has 1 heterocycles. The van der Waals surface area contributed by atoms with Gasteiger partial charge in [-0.05, 0) is 19.0 Å². The van der Waals surface area contributed by atoms with Crippen LogP contribution in [0.3, 0.4) is 0 Å². The predicted molar refractivity (Wildman–Crippen MR) is 69.4 cm³/mol. The highest BCUT2D eigenvalue weighted by atomic mass is 16.2.